The standard InChI is InChI=1S/C21H33N3O3/c1-4-24(20(25)19(22)15(2)3)18-12-10-17(11-13-18)23-21(26)27-14-16-8-6-5-7-9-16/h5-9,15,17-19H,4,10-14,22H2,1-3H3,(H,23,26)/t17?,18?,19-/m0/s1. The van der Waals surface area contributed by atoms with Gasteiger partial charge in [0.1, 0.15) is 6.61 Å². The second kappa shape index (κ2) is 10.3. The Morgan fingerprint density at radius 1 is 1.19 bits per heavy atom. The first-order valence-electron chi connectivity index (χ1n) is 9.95. The molecule has 6 heteroatoms. The van der Waals surface area contributed by atoms with Crippen molar-refractivity contribution in [2.45, 2.75) is 71.2 Å². The van der Waals surface area contributed by atoms with E-state index in [1.807, 2.05) is 56.0 Å². The normalized spacial score (nSPS) is 20.8. The smallest absolute Gasteiger partial charge is 0.407 e. The Balaban J connectivity index is 1.77. The Bertz CT molecular complexity index is 598. The number of carbonyl (C=O) groups excluding carboxylic acids is 2. The Kier molecular flexibility index (Phi) is 8.10. The molecule has 0 saturated heterocycles. The summed E-state index contributed by atoms with van der Waals surface area (Å²) in [5.41, 5.74) is 7.02. The molecular weight excluding hydrogens is 342 g/mol. The van der Waals surface area contributed by atoms with Gasteiger partial charge in [-0.05, 0) is 44.1 Å². The number of ether oxygens (including phenoxy) is 1. The van der Waals surface area contributed by atoms with Crippen LogP contribution in [-0.2, 0) is 16.1 Å². The van der Waals surface area contributed by atoms with Crippen molar-refractivity contribution >= 4 is 12.0 Å². The van der Waals surface area contributed by atoms with Crippen LogP contribution in [0.2, 0.25) is 0 Å². The van der Waals surface area contributed by atoms with Crippen molar-refractivity contribution in [1.29, 1.82) is 0 Å². The Morgan fingerprint density at radius 2 is 1.81 bits per heavy atom. The predicted octanol–water partition coefficient (Wildman–Crippen LogP) is 3.06. The summed E-state index contributed by atoms with van der Waals surface area (Å²) in [7, 11) is 0. The average molecular weight is 376 g/mol. The topological polar surface area (TPSA) is 84.7 Å². The lowest BCUT2D eigenvalue weighted by molar-refractivity contribution is -0.136. The van der Waals surface area contributed by atoms with Crippen LogP contribution in [0.4, 0.5) is 4.79 Å². The molecule has 1 aromatic rings. The minimum Gasteiger partial charge on any atom is -0.445 e. The summed E-state index contributed by atoms with van der Waals surface area (Å²) >= 11 is 0. The second-order valence-corrected chi connectivity index (χ2v) is 7.61. The van der Waals surface area contributed by atoms with Gasteiger partial charge in [0.2, 0.25) is 5.91 Å². The SMILES string of the molecule is CCN(C(=O)[C@@H](N)C(C)C)C1CCC(NC(=O)OCc2ccccc2)CC1. The molecule has 0 unspecified atom stereocenters. The third kappa shape index (κ3) is 6.24. The van der Waals surface area contributed by atoms with Crippen LogP contribution in [0.3, 0.4) is 0 Å². The third-order valence-corrected chi connectivity index (χ3v) is 5.30. The molecule has 0 spiro atoms. The maximum atomic E-state index is 12.6. The van der Waals surface area contributed by atoms with Gasteiger partial charge in [-0.1, -0.05) is 44.2 Å². The number of alkyl carbamates (subject to hydrolysis) is 1. The van der Waals surface area contributed by atoms with Gasteiger partial charge < -0.3 is 20.7 Å². The summed E-state index contributed by atoms with van der Waals surface area (Å²) in [6.07, 6.45) is 3.03. The van der Waals surface area contributed by atoms with E-state index in [1.54, 1.807) is 0 Å². The number of nitrogens with two attached hydrogens (primary N) is 1. The number of likely N-dealkylation sites (N-methyl/N-ethyl adjacent to an activating group) is 1. The molecule has 1 aromatic carbocycles. The molecular formula is C21H33N3O3. The van der Waals surface area contributed by atoms with Crippen LogP contribution in [-0.4, -0.2) is 41.6 Å². The zero-order valence-electron chi connectivity index (χ0n) is 16.7. The first-order chi connectivity index (χ1) is 12.9. The lowest BCUT2D eigenvalue weighted by atomic mass is 9.89. The fourth-order valence-corrected chi connectivity index (χ4v) is 3.53. The molecule has 2 rings (SSSR count). The molecule has 0 aromatic heterocycles. The summed E-state index contributed by atoms with van der Waals surface area (Å²) in [6, 6.07) is 9.47. The Labute approximate surface area is 162 Å². The monoisotopic (exact) mass is 375 g/mol. The molecule has 3 N–H and O–H groups in total. The van der Waals surface area contributed by atoms with Crippen LogP contribution >= 0.6 is 0 Å². The minimum absolute atomic E-state index is 0.0335. The van der Waals surface area contributed by atoms with Crippen LogP contribution in [0.25, 0.3) is 0 Å². The van der Waals surface area contributed by atoms with E-state index in [0.29, 0.717) is 6.54 Å². The molecule has 1 aliphatic rings. The molecule has 1 saturated carbocycles. The molecule has 6 nitrogen and oxygen atoms in total. The molecule has 0 radical (unpaired) electrons. The van der Waals surface area contributed by atoms with E-state index >= 15 is 0 Å². The van der Waals surface area contributed by atoms with Crippen molar-refractivity contribution in [3.63, 3.8) is 0 Å². The lowest BCUT2D eigenvalue weighted by Crippen LogP contribution is -2.52. The Morgan fingerprint density at radius 3 is 2.37 bits per heavy atom. The summed E-state index contributed by atoms with van der Waals surface area (Å²) in [5, 5.41) is 2.95. The van der Waals surface area contributed by atoms with E-state index in [1.165, 1.54) is 0 Å². The van der Waals surface area contributed by atoms with Crippen molar-refractivity contribution in [2.24, 2.45) is 11.7 Å². The van der Waals surface area contributed by atoms with Crippen molar-refractivity contribution in [3.8, 4) is 0 Å². The highest BCUT2D eigenvalue weighted by molar-refractivity contribution is 5.82. The van der Waals surface area contributed by atoms with Gasteiger partial charge in [-0.2, -0.15) is 0 Å². The van der Waals surface area contributed by atoms with Gasteiger partial charge in [-0.25, -0.2) is 4.79 Å². The van der Waals surface area contributed by atoms with Crippen LogP contribution in [0.1, 0.15) is 52.0 Å². The van der Waals surface area contributed by atoms with E-state index in [2.05, 4.69) is 5.32 Å². The molecule has 2 amide bonds. The summed E-state index contributed by atoms with van der Waals surface area (Å²) in [6.45, 7) is 6.88. The fraction of sp³-hybridized carbons (Fsp3) is 0.619. The zero-order valence-corrected chi connectivity index (χ0v) is 16.7. The van der Waals surface area contributed by atoms with Gasteiger partial charge in [-0.15, -0.1) is 0 Å². The number of nitrogens with one attached hydrogen (secondary N) is 1. The van der Waals surface area contributed by atoms with Crippen molar-refractivity contribution < 1.29 is 14.3 Å². The summed E-state index contributed by atoms with van der Waals surface area (Å²) in [4.78, 5) is 26.5. The third-order valence-electron chi connectivity index (χ3n) is 5.30. The van der Waals surface area contributed by atoms with E-state index in [4.69, 9.17) is 10.5 Å². The van der Waals surface area contributed by atoms with Crippen LogP contribution in [0.15, 0.2) is 30.3 Å². The number of hydrogen-bond donors (Lipinski definition) is 2. The second-order valence-electron chi connectivity index (χ2n) is 7.61. The number of hydrogen-bond acceptors (Lipinski definition) is 4. The number of benzene rings is 1. The highest BCUT2D eigenvalue weighted by atomic mass is 16.5. The van der Waals surface area contributed by atoms with Gasteiger partial charge in [0.25, 0.3) is 0 Å². The van der Waals surface area contributed by atoms with E-state index in [0.717, 1.165) is 31.2 Å². The highest BCUT2D eigenvalue weighted by Crippen LogP contribution is 2.24. The van der Waals surface area contributed by atoms with Crippen LogP contribution < -0.4 is 11.1 Å². The minimum atomic E-state index is -0.450. The van der Waals surface area contributed by atoms with Gasteiger partial charge >= 0.3 is 6.09 Å². The molecule has 150 valence electrons. The average Bonchev–Trinajstić information content (AvgIpc) is 2.68. The van der Waals surface area contributed by atoms with Crippen LogP contribution in [0, 0.1) is 5.92 Å². The number of nitrogens with zero attached hydrogens (tertiary/aromatic N) is 1. The van der Waals surface area contributed by atoms with Crippen LogP contribution in [0.5, 0.6) is 0 Å². The molecule has 1 atom stereocenters. The molecule has 1 aliphatic carbocycles. The number of carbonyl (C=O) groups is 2. The van der Waals surface area contributed by atoms with E-state index in [-0.39, 0.29) is 36.6 Å². The van der Waals surface area contributed by atoms with E-state index < -0.39 is 6.04 Å². The number of rotatable bonds is 7. The summed E-state index contributed by atoms with van der Waals surface area (Å²) < 4.78 is 5.29. The predicted molar refractivity (Wildman–Crippen MR) is 106 cm³/mol. The van der Waals surface area contributed by atoms with Gasteiger partial charge in [0, 0.05) is 18.6 Å². The quantitative estimate of drug-likeness (QED) is 0.767. The first-order valence-corrected chi connectivity index (χ1v) is 9.95. The van der Waals surface area contributed by atoms with Gasteiger partial charge in [-0.3, -0.25) is 4.79 Å². The van der Waals surface area contributed by atoms with Crippen molar-refractivity contribution in [1.82, 2.24) is 10.2 Å². The largest absolute Gasteiger partial charge is 0.445 e. The van der Waals surface area contributed by atoms with Gasteiger partial charge in [0.05, 0.1) is 6.04 Å². The van der Waals surface area contributed by atoms with E-state index in [9.17, 15) is 9.59 Å². The van der Waals surface area contributed by atoms with Crippen molar-refractivity contribution in [2.75, 3.05) is 6.54 Å². The molecule has 27 heavy (non-hydrogen) atoms. The maximum Gasteiger partial charge on any atom is 0.407 e. The lowest BCUT2D eigenvalue weighted by Gasteiger charge is -2.38. The molecule has 1 fully saturated rings. The molecule has 0 aliphatic heterocycles. The maximum absolute atomic E-state index is 12.6. The summed E-state index contributed by atoms with van der Waals surface area (Å²) in [5.74, 6) is 0.162. The van der Waals surface area contributed by atoms with Crippen molar-refractivity contribution in [3.05, 3.63) is 35.9 Å². The first kappa shape index (κ1) is 21.2. The Hall–Kier alpha value is -2.08. The fourth-order valence-electron chi connectivity index (χ4n) is 3.53. The van der Waals surface area contributed by atoms with Gasteiger partial charge in [0.15, 0.2) is 0 Å². The highest BCUT2D eigenvalue weighted by Gasteiger charge is 2.31. The molecule has 0 heterocycles. The number of amides is 2. The zero-order chi connectivity index (χ0) is 19.8. The molecule has 0 bridgehead atoms.